The van der Waals surface area contributed by atoms with Crippen LogP contribution in [0.4, 0.5) is 5.69 Å². The van der Waals surface area contributed by atoms with Crippen molar-refractivity contribution in [2.24, 2.45) is 0 Å². The van der Waals surface area contributed by atoms with Crippen LogP contribution >= 0.6 is 11.6 Å². The van der Waals surface area contributed by atoms with E-state index in [1.54, 1.807) is 12.1 Å². The summed E-state index contributed by atoms with van der Waals surface area (Å²) in [6.45, 7) is 0. The minimum Gasteiger partial charge on any atom is -0.457 e. The van der Waals surface area contributed by atoms with E-state index < -0.39 is 0 Å². The maximum absolute atomic E-state index is 11.2. The molecule has 0 saturated carbocycles. The zero-order valence-corrected chi connectivity index (χ0v) is 12.5. The van der Waals surface area contributed by atoms with E-state index in [-0.39, 0.29) is 11.8 Å². The Bertz CT molecular complexity index is 794. The molecule has 3 aromatic rings. The highest BCUT2D eigenvalue weighted by atomic mass is 35.5. The van der Waals surface area contributed by atoms with E-state index in [4.69, 9.17) is 16.3 Å². The number of rotatable bonds is 4. The van der Waals surface area contributed by atoms with Gasteiger partial charge in [-0.05, 0) is 35.7 Å². The molecule has 0 saturated heterocycles. The Kier molecular flexibility index (Phi) is 4.26. The standard InChI is InChI=1S/C18H14ClNO2/c19-12-18(21)20-14-8-10-15(11-9-14)22-17-7-3-5-13-4-1-2-6-16(13)17/h1-11H,12H2,(H,20,21). The van der Waals surface area contributed by atoms with Gasteiger partial charge in [0.25, 0.3) is 0 Å². The summed E-state index contributed by atoms with van der Waals surface area (Å²) < 4.78 is 5.94. The number of nitrogens with one attached hydrogen (secondary N) is 1. The summed E-state index contributed by atoms with van der Waals surface area (Å²) in [6, 6.07) is 21.2. The average Bonchev–Trinajstić information content (AvgIpc) is 2.57. The highest BCUT2D eigenvalue weighted by Gasteiger charge is 2.04. The first kappa shape index (κ1) is 14.4. The van der Waals surface area contributed by atoms with Crippen LogP contribution in [0.5, 0.6) is 11.5 Å². The Labute approximate surface area is 133 Å². The Hall–Kier alpha value is -2.52. The van der Waals surface area contributed by atoms with Crippen LogP contribution in [0.15, 0.2) is 66.7 Å². The van der Waals surface area contributed by atoms with Gasteiger partial charge in [-0.25, -0.2) is 0 Å². The van der Waals surface area contributed by atoms with Gasteiger partial charge in [0, 0.05) is 11.1 Å². The zero-order chi connectivity index (χ0) is 15.4. The Balaban J connectivity index is 1.82. The molecule has 3 rings (SSSR count). The molecule has 1 N–H and O–H groups in total. The average molecular weight is 312 g/mol. The SMILES string of the molecule is O=C(CCl)Nc1ccc(Oc2cccc3ccccc23)cc1. The van der Waals surface area contributed by atoms with Gasteiger partial charge in [0.2, 0.25) is 5.91 Å². The lowest BCUT2D eigenvalue weighted by molar-refractivity contribution is -0.113. The fourth-order valence-corrected chi connectivity index (χ4v) is 2.28. The minimum absolute atomic E-state index is 0.0613. The largest absolute Gasteiger partial charge is 0.457 e. The van der Waals surface area contributed by atoms with E-state index >= 15 is 0 Å². The van der Waals surface area contributed by atoms with E-state index in [9.17, 15) is 4.79 Å². The molecule has 0 radical (unpaired) electrons. The number of ether oxygens (including phenoxy) is 1. The fourth-order valence-electron chi connectivity index (χ4n) is 2.21. The highest BCUT2D eigenvalue weighted by Crippen LogP contribution is 2.30. The van der Waals surface area contributed by atoms with Gasteiger partial charge in [0.15, 0.2) is 0 Å². The molecule has 0 heterocycles. The molecule has 0 aromatic heterocycles. The molecule has 0 aliphatic carbocycles. The molecule has 1 amide bonds. The number of amides is 1. The van der Waals surface area contributed by atoms with Gasteiger partial charge in [-0.2, -0.15) is 0 Å². The maximum atomic E-state index is 11.2. The molecule has 3 aromatic carbocycles. The van der Waals surface area contributed by atoms with E-state index in [2.05, 4.69) is 5.32 Å². The topological polar surface area (TPSA) is 38.3 Å². The number of alkyl halides is 1. The van der Waals surface area contributed by atoms with Crippen LogP contribution in [0.1, 0.15) is 0 Å². The number of halogens is 1. The first-order valence-electron chi connectivity index (χ1n) is 6.88. The van der Waals surface area contributed by atoms with Crippen LogP contribution in [-0.4, -0.2) is 11.8 Å². The summed E-state index contributed by atoms with van der Waals surface area (Å²) in [5, 5.41) is 4.88. The normalized spacial score (nSPS) is 10.4. The van der Waals surface area contributed by atoms with Crippen LogP contribution < -0.4 is 10.1 Å². The van der Waals surface area contributed by atoms with Crippen molar-refractivity contribution in [2.75, 3.05) is 11.2 Å². The van der Waals surface area contributed by atoms with Crippen LogP contribution in [0, 0.1) is 0 Å². The smallest absolute Gasteiger partial charge is 0.239 e. The zero-order valence-electron chi connectivity index (χ0n) is 11.8. The van der Waals surface area contributed by atoms with Gasteiger partial charge >= 0.3 is 0 Å². The summed E-state index contributed by atoms with van der Waals surface area (Å²) in [5.74, 6) is 1.22. The van der Waals surface area contributed by atoms with Crippen molar-refractivity contribution < 1.29 is 9.53 Å². The molecule has 0 aliphatic rings. The van der Waals surface area contributed by atoms with Crippen LogP contribution in [0.25, 0.3) is 10.8 Å². The lowest BCUT2D eigenvalue weighted by Gasteiger charge is -2.10. The number of carbonyl (C=O) groups excluding carboxylic acids is 1. The maximum Gasteiger partial charge on any atom is 0.239 e. The Morgan fingerprint density at radius 3 is 2.45 bits per heavy atom. The van der Waals surface area contributed by atoms with Gasteiger partial charge in [0.05, 0.1) is 0 Å². The first-order chi connectivity index (χ1) is 10.8. The molecular formula is C18H14ClNO2. The van der Waals surface area contributed by atoms with E-state index in [1.807, 2.05) is 54.6 Å². The van der Waals surface area contributed by atoms with E-state index in [1.165, 1.54) is 0 Å². The summed E-state index contributed by atoms with van der Waals surface area (Å²) in [6.07, 6.45) is 0. The van der Waals surface area contributed by atoms with Gasteiger partial charge in [0.1, 0.15) is 17.4 Å². The first-order valence-corrected chi connectivity index (χ1v) is 7.41. The minimum atomic E-state index is -0.232. The van der Waals surface area contributed by atoms with Crippen molar-refractivity contribution in [2.45, 2.75) is 0 Å². The Morgan fingerprint density at radius 1 is 0.955 bits per heavy atom. The molecule has 0 atom stereocenters. The molecule has 0 aliphatic heterocycles. The molecule has 3 nitrogen and oxygen atoms in total. The van der Waals surface area contributed by atoms with Crippen LogP contribution in [0.3, 0.4) is 0 Å². The van der Waals surface area contributed by atoms with Crippen LogP contribution in [-0.2, 0) is 4.79 Å². The number of fused-ring (bicyclic) bond motifs is 1. The molecule has 4 heteroatoms. The van der Waals surface area contributed by atoms with Crippen molar-refractivity contribution in [1.29, 1.82) is 0 Å². The predicted octanol–water partition coefficient (Wildman–Crippen LogP) is 4.81. The van der Waals surface area contributed by atoms with Gasteiger partial charge < -0.3 is 10.1 Å². The monoisotopic (exact) mass is 311 g/mol. The third kappa shape index (κ3) is 3.21. The van der Waals surface area contributed by atoms with E-state index in [0.29, 0.717) is 11.4 Å². The van der Waals surface area contributed by atoms with E-state index in [0.717, 1.165) is 16.5 Å². The van der Waals surface area contributed by atoms with Crippen molar-refractivity contribution in [3.63, 3.8) is 0 Å². The number of anilines is 1. The van der Waals surface area contributed by atoms with Gasteiger partial charge in [-0.3, -0.25) is 4.79 Å². The quantitative estimate of drug-likeness (QED) is 0.702. The van der Waals surface area contributed by atoms with Crippen molar-refractivity contribution in [3.8, 4) is 11.5 Å². The number of carbonyl (C=O) groups is 1. The molecule has 0 fully saturated rings. The number of hydrogen-bond donors (Lipinski definition) is 1. The second kappa shape index (κ2) is 6.50. The lowest BCUT2D eigenvalue weighted by atomic mass is 10.1. The van der Waals surface area contributed by atoms with Gasteiger partial charge in [-0.1, -0.05) is 36.4 Å². The van der Waals surface area contributed by atoms with Crippen molar-refractivity contribution in [1.82, 2.24) is 0 Å². The molecule has 110 valence electrons. The van der Waals surface area contributed by atoms with Crippen LogP contribution in [0.2, 0.25) is 0 Å². The number of benzene rings is 3. The fraction of sp³-hybridized carbons (Fsp3) is 0.0556. The summed E-state index contributed by atoms with van der Waals surface area (Å²) in [5.41, 5.74) is 0.691. The summed E-state index contributed by atoms with van der Waals surface area (Å²) in [7, 11) is 0. The number of hydrogen-bond acceptors (Lipinski definition) is 2. The summed E-state index contributed by atoms with van der Waals surface area (Å²) >= 11 is 5.46. The third-order valence-electron chi connectivity index (χ3n) is 3.24. The molecule has 0 unspecified atom stereocenters. The Morgan fingerprint density at radius 2 is 1.68 bits per heavy atom. The van der Waals surface area contributed by atoms with Gasteiger partial charge in [-0.15, -0.1) is 11.6 Å². The van der Waals surface area contributed by atoms with Crippen molar-refractivity contribution in [3.05, 3.63) is 66.7 Å². The third-order valence-corrected chi connectivity index (χ3v) is 3.48. The second-order valence-electron chi connectivity index (χ2n) is 4.79. The molecule has 0 bridgehead atoms. The van der Waals surface area contributed by atoms with Crippen molar-refractivity contribution >= 4 is 34.0 Å². The molecular weight excluding hydrogens is 298 g/mol. The summed E-state index contributed by atoms with van der Waals surface area (Å²) in [4.78, 5) is 11.2. The predicted molar refractivity (Wildman–Crippen MR) is 89.8 cm³/mol. The molecule has 22 heavy (non-hydrogen) atoms. The highest BCUT2D eigenvalue weighted by molar-refractivity contribution is 6.29. The second-order valence-corrected chi connectivity index (χ2v) is 5.05. The molecule has 0 spiro atoms. The lowest BCUT2D eigenvalue weighted by Crippen LogP contribution is -2.12.